The second-order valence-corrected chi connectivity index (χ2v) is 5.14. The lowest BCUT2D eigenvalue weighted by molar-refractivity contribution is -0.117. The molecule has 5 heteroatoms. The van der Waals surface area contributed by atoms with Gasteiger partial charge in [-0.3, -0.25) is 4.79 Å². The quantitative estimate of drug-likeness (QED) is 0.774. The van der Waals surface area contributed by atoms with Gasteiger partial charge in [0.05, 0.1) is 12.1 Å². The van der Waals surface area contributed by atoms with Crippen molar-refractivity contribution in [1.82, 2.24) is 10.2 Å². The van der Waals surface area contributed by atoms with Crippen molar-refractivity contribution in [1.29, 1.82) is 0 Å². The zero-order chi connectivity index (χ0) is 15.5. The summed E-state index contributed by atoms with van der Waals surface area (Å²) in [5.41, 5.74) is 7.86. The number of benzene rings is 2. The lowest BCUT2D eigenvalue weighted by Gasteiger charge is -2.10. The molecule has 0 aliphatic heterocycles. The van der Waals surface area contributed by atoms with Crippen LogP contribution in [-0.4, -0.2) is 16.1 Å². The molecule has 0 fully saturated rings. The first-order valence-electron chi connectivity index (χ1n) is 7.00. The third-order valence-electron chi connectivity index (χ3n) is 3.47. The monoisotopic (exact) mass is 292 g/mol. The Morgan fingerprint density at radius 1 is 1.05 bits per heavy atom. The molecular formula is C17H16N4O. The summed E-state index contributed by atoms with van der Waals surface area (Å²) in [4.78, 5) is 10.9. The van der Waals surface area contributed by atoms with E-state index in [0.29, 0.717) is 5.82 Å². The van der Waals surface area contributed by atoms with Crippen LogP contribution >= 0.6 is 0 Å². The van der Waals surface area contributed by atoms with Crippen molar-refractivity contribution >= 4 is 28.2 Å². The van der Waals surface area contributed by atoms with Crippen molar-refractivity contribution in [2.45, 2.75) is 13.3 Å². The topological polar surface area (TPSA) is 80.9 Å². The molecule has 0 saturated carbocycles. The van der Waals surface area contributed by atoms with E-state index in [4.69, 9.17) is 5.73 Å². The zero-order valence-corrected chi connectivity index (χ0v) is 12.2. The minimum absolute atomic E-state index is 0.244. The molecule has 0 aliphatic rings. The molecule has 110 valence electrons. The smallest absolute Gasteiger partial charge is 0.221 e. The number of fused-ring (bicyclic) bond motifs is 1. The van der Waals surface area contributed by atoms with Gasteiger partial charge in [-0.2, -0.15) is 5.10 Å². The highest BCUT2D eigenvalue weighted by molar-refractivity contribution is 5.94. The van der Waals surface area contributed by atoms with Gasteiger partial charge in [-0.05, 0) is 24.6 Å². The van der Waals surface area contributed by atoms with Crippen LogP contribution in [0.5, 0.6) is 0 Å². The maximum Gasteiger partial charge on any atom is 0.221 e. The Morgan fingerprint density at radius 2 is 1.73 bits per heavy atom. The number of hydrogen-bond donors (Lipinski definition) is 2. The molecule has 1 aromatic heterocycles. The number of nitrogens with one attached hydrogen (secondary N) is 1. The molecule has 3 rings (SSSR count). The van der Waals surface area contributed by atoms with Crippen molar-refractivity contribution in [3.8, 4) is 0 Å². The van der Waals surface area contributed by atoms with Gasteiger partial charge in [0.15, 0.2) is 5.82 Å². The SMILES string of the molecule is Cc1nnc(Nc2ccc(CC(N)=O)cc2)c2ccccc12. The number of amides is 1. The average molecular weight is 292 g/mol. The van der Waals surface area contributed by atoms with Crippen LogP contribution in [-0.2, 0) is 11.2 Å². The van der Waals surface area contributed by atoms with Gasteiger partial charge in [0.1, 0.15) is 0 Å². The summed E-state index contributed by atoms with van der Waals surface area (Å²) in [7, 11) is 0. The lowest BCUT2D eigenvalue weighted by Crippen LogP contribution is -2.13. The summed E-state index contributed by atoms with van der Waals surface area (Å²) in [6.07, 6.45) is 0.244. The number of hydrogen-bond acceptors (Lipinski definition) is 4. The van der Waals surface area contributed by atoms with Gasteiger partial charge >= 0.3 is 0 Å². The first kappa shape index (κ1) is 14.0. The normalized spacial score (nSPS) is 10.6. The molecule has 0 unspecified atom stereocenters. The van der Waals surface area contributed by atoms with Gasteiger partial charge in [-0.1, -0.05) is 36.4 Å². The van der Waals surface area contributed by atoms with E-state index >= 15 is 0 Å². The van der Waals surface area contributed by atoms with Gasteiger partial charge in [0.25, 0.3) is 0 Å². The number of aryl methyl sites for hydroxylation is 1. The fourth-order valence-electron chi connectivity index (χ4n) is 2.37. The van der Waals surface area contributed by atoms with E-state index in [1.165, 1.54) is 0 Å². The summed E-state index contributed by atoms with van der Waals surface area (Å²) in [6, 6.07) is 15.5. The molecule has 0 bridgehead atoms. The van der Waals surface area contributed by atoms with Crippen LogP contribution in [0, 0.1) is 6.92 Å². The van der Waals surface area contributed by atoms with E-state index in [1.807, 2.05) is 55.5 Å². The lowest BCUT2D eigenvalue weighted by atomic mass is 10.1. The number of rotatable bonds is 4. The fraction of sp³-hybridized carbons (Fsp3) is 0.118. The van der Waals surface area contributed by atoms with Crippen molar-refractivity contribution in [3.05, 3.63) is 59.8 Å². The molecule has 0 saturated heterocycles. The number of carbonyl (C=O) groups excluding carboxylic acids is 1. The van der Waals surface area contributed by atoms with E-state index in [2.05, 4.69) is 15.5 Å². The van der Waals surface area contributed by atoms with Crippen LogP contribution in [0.25, 0.3) is 10.8 Å². The molecule has 5 nitrogen and oxygen atoms in total. The van der Waals surface area contributed by atoms with E-state index in [-0.39, 0.29) is 12.3 Å². The molecule has 2 aromatic carbocycles. The standard InChI is InChI=1S/C17H16N4O/c1-11-14-4-2-3-5-15(14)17(21-20-11)19-13-8-6-12(7-9-13)10-16(18)22/h2-9H,10H2,1H3,(H2,18,22)(H,19,21). The maximum absolute atomic E-state index is 10.9. The summed E-state index contributed by atoms with van der Waals surface area (Å²) in [5.74, 6) is 0.375. The maximum atomic E-state index is 10.9. The zero-order valence-electron chi connectivity index (χ0n) is 12.2. The summed E-state index contributed by atoms with van der Waals surface area (Å²) in [6.45, 7) is 1.94. The number of primary amides is 1. The first-order valence-corrected chi connectivity index (χ1v) is 7.00. The largest absolute Gasteiger partial charge is 0.369 e. The van der Waals surface area contributed by atoms with Crippen LogP contribution in [0.4, 0.5) is 11.5 Å². The molecule has 1 amide bonds. The highest BCUT2D eigenvalue weighted by Gasteiger charge is 2.06. The molecule has 1 heterocycles. The average Bonchev–Trinajstić information content (AvgIpc) is 2.52. The van der Waals surface area contributed by atoms with Crippen molar-refractivity contribution in [2.24, 2.45) is 5.73 Å². The Balaban J connectivity index is 1.90. The molecule has 0 aliphatic carbocycles. The highest BCUT2D eigenvalue weighted by Crippen LogP contribution is 2.25. The fourth-order valence-corrected chi connectivity index (χ4v) is 2.37. The van der Waals surface area contributed by atoms with Gasteiger partial charge in [-0.25, -0.2) is 0 Å². The minimum atomic E-state index is -0.337. The summed E-state index contributed by atoms with van der Waals surface area (Å²) in [5, 5.41) is 13.8. The molecule has 0 spiro atoms. The van der Waals surface area contributed by atoms with Crippen LogP contribution < -0.4 is 11.1 Å². The van der Waals surface area contributed by atoms with Crippen molar-refractivity contribution < 1.29 is 4.79 Å². The van der Waals surface area contributed by atoms with E-state index in [1.54, 1.807) is 0 Å². The molecular weight excluding hydrogens is 276 g/mol. The van der Waals surface area contributed by atoms with E-state index < -0.39 is 0 Å². The van der Waals surface area contributed by atoms with Gasteiger partial charge in [0.2, 0.25) is 5.91 Å². The van der Waals surface area contributed by atoms with Crippen LogP contribution in [0.15, 0.2) is 48.5 Å². The summed E-state index contributed by atoms with van der Waals surface area (Å²) >= 11 is 0. The predicted molar refractivity (Wildman–Crippen MR) is 86.9 cm³/mol. The second kappa shape index (κ2) is 5.81. The van der Waals surface area contributed by atoms with Crippen LogP contribution in [0.3, 0.4) is 0 Å². The van der Waals surface area contributed by atoms with Crippen molar-refractivity contribution in [3.63, 3.8) is 0 Å². The molecule has 22 heavy (non-hydrogen) atoms. The van der Waals surface area contributed by atoms with Crippen molar-refractivity contribution in [2.75, 3.05) is 5.32 Å². The first-order chi connectivity index (χ1) is 10.6. The Bertz CT molecular complexity index is 828. The van der Waals surface area contributed by atoms with Crippen LogP contribution in [0.2, 0.25) is 0 Å². The van der Waals surface area contributed by atoms with E-state index in [0.717, 1.165) is 27.7 Å². The number of nitrogens with two attached hydrogens (primary N) is 1. The van der Waals surface area contributed by atoms with E-state index in [9.17, 15) is 4.79 Å². The minimum Gasteiger partial charge on any atom is -0.369 e. The molecule has 3 N–H and O–H groups in total. The third-order valence-corrected chi connectivity index (χ3v) is 3.47. The molecule has 0 atom stereocenters. The predicted octanol–water partition coefficient (Wildman–Crippen LogP) is 2.71. The Hall–Kier alpha value is -2.95. The highest BCUT2D eigenvalue weighted by atomic mass is 16.1. The van der Waals surface area contributed by atoms with Crippen LogP contribution in [0.1, 0.15) is 11.3 Å². The third kappa shape index (κ3) is 2.88. The molecule has 3 aromatic rings. The van der Waals surface area contributed by atoms with Gasteiger partial charge in [-0.15, -0.1) is 5.10 Å². The number of anilines is 2. The Morgan fingerprint density at radius 3 is 2.41 bits per heavy atom. The Labute approximate surface area is 128 Å². The number of aromatic nitrogens is 2. The van der Waals surface area contributed by atoms with Gasteiger partial charge in [0, 0.05) is 16.5 Å². The Kier molecular flexibility index (Phi) is 3.70. The molecule has 0 radical (unpaired) electrons. The summed E-state index contributed by atoms with van der Waals surface area (Å²) < 4.78 is 0. The number of carbonyl (C=O) groups is 1. The number of nitrogens with zero attached hydrogens (tertiary/aromatic N) is 2. The van der Waals surface area contributed by atoms with Gasteiger partial charge < -0.3 is 11.1 Å². The second-order valence-electron chi connectivity index (χ2n) is 5.14.